The maximum atomic E-state index is 12.7. The van der Waals surface area contributed by atoms with Gasteiger partial charge in [0.15, 0.2) is 5.78 Å². The van der Waals surface area contributed by atoms with Crippen molar-refractivity contribution in [2.24, 2.45) is 17.8 Å². The van der Waals surface area contributed by atoms with Crippen LogP contribution < -0.4 is 34.7 Å². The molecule has 0 saturated carbocycles. The van der Waals surface area contributed by atoms with Crippen molar-refractivity contribution >= 4 is 29.7 Å². The van der Waals surface area contributed by atoms with E-state index in [1.165, 1.54) is 0 Å². The molecular formula is C16H15NaO10. The van der Waals surface area contributed by atoms with Gasteiger partial charge in [0.25, 0.3) is 0 Å². The molecule has 0 aromatic carbocycles. The van der Waals surface area contributed by atoms with Gasteiger partial charge >= 0.3 is 53.4 Å². The van der Waals surface area contributed by atoms with Crippen LogP contribution in [-0.2, 0) is 42.9 Å². The van der Waals surface area contributed by atoms with Gasteiger partial charge in [-0.1, -0.05) is 0 Å². The summed E-state index contributed by atoms with van der Waals surface area (Å²) >= 11 is 0. The van der Waals surface area contributed by atoms with Gasteiger partial charge in [-0.2, -0.15) is 0 Å². The van der Waals surface area contributed by atoms with Gasteiger partial charge in [0.1, 0.15) is 11.5 Å². The van der Waals surface area contributed by atoms with Crippen molar-refractivity contribution in [2.75, 3.05) is 28.4 Å². The van der Waals surface area contributed by atoms with Gasteiger partial charge in [-0.05, 0) is 5.57 Å². The zero-order valence-corrected chi connectivity index (χ0v) is 17.3. The number of fused-ring (bicyclic) bond motifs is 1. The molecule has 0 heterocycles. The van der Waals surface area contributed by atoms with Crippen LogP contribution in [0.2, 0.25) is 0 Å². The molecule has 3 atom stereocenters. The minimum atomic E-state index is -1.67. The molecule has 0 bridgehead atoms. The molecule has 0 aromatic rings. The number of hydrogen-bond donors (Lipinski definition) is 0. The average molecular weight is 390 g/mol. The van der Waals surface area contributed by atoms with E-state index >= 15 is 0 Å². The SMILES string of the molecule is COC(=O)C1=C([O-])C(C(=O)OC)C2C1=C(C(=O)OC)C(=O)C2C(=O)OC.[Na+]. The molecule has 0 fully saturated rings. The van der Waals surface area contributed by atoms with Crippen molar-refractivity contribution in [3.05, 3.63) is 22.5 Å². The van der Waals surface area contributed by atoms with E-state index in [0.29, 0.717) is 0 Å². The van der Waals surface area contributed by atoms with Crippen molar-refractivity contribution in [2.45, 2.75) is 0 Å². The number of esters is 4. The summed E-state index contributed by atoms with van der Waals surface area (Å²) in [5, 5.41) is 12.7. The van der Waals surface area contributed by atoms with Gasteiger partial charge in [0.2, 0.25) is 0 Å². The minimum Gasteiger partial charge on any atom is -0.874 e. The molecule has 0 aromatic heterocycles. The van der Waals surface area contributed by atoms with Crippen LogP contribution in [0.15, 0.2) is 22.5 Å². The predicted molar refractivity (Wildman–Crippen MR) is 77.6 cm³/mol. The molecule has 3 unspecified atom stereocenters. The molecule has 0 saturated heterocycles. The van der Waals surface area contributed by atoms with Crippen LogP contribution >= 0.6 is 0 Å². The summed E-state index contributed by atoms with van der Waals surface area (Å²) in [6.45, 7) is 0. The molecular weight excluding hydrogens is 375 g/mol. The fraction of sp³-hybridized carbons (Fsp3) is 0.438. The molecule has 0 N–H and O–H groups in total. The summed E-state index contributed by atoms with van der Waals surface area (Å²) in [7, 11) is 3.96. The topological polar surface area (TPSA) is 145 Å². The van der Waals surface area contributed by atoms with E-state index in [-0.39, 0.29) is 35.1 Å². The Morgan fingerprint density at radius 2 is 1.22 bits per heavy atom. The molecule has 27 heavy (non-hydrogen) atoms. The number of ketones is 1. The van der Waals surface area contributed by atoms with Gasteiger partial charge in [-0.3, -0.25) is 14.4 Å². The standard InChI is InChI=1S/C16H16O10.Na/c1-23-13(19)7-5-6(9(11(7)17)15(21)25-3)10(16(22)26-4)12(18)8(5)14(20)24-2;/h5,7-8,17H,1-4H3;/q;+1/p-1. The van der Waals surface area contributed by atoms with Gasteiger partial charge < -0.3 is 24.1 Å². The second kappa shape index (κ2) is 8.68. The molecule has 140 valence electrons. The van der Waals surface area contributed by atoms with E-state index in [2.05, 4.69) is 18.9 Å². The van der Waals surface area contributed by atoms with Gasteiger partial charge in [0, 0.05) is 5.92 Å². The van der Waals surface area contributed by atoms with Gasteiger partial charge in [0.05, 0.1) is 39.9 Å². The Bertz CT molecular complexity index is 778. The Morgan fingerprint density at radius 3 is 1.67 bits per heavy atom. The van der Waals surface area contributed by atoms with E-state index in [9.17, 15) is 29.1 Å². The van der Waals surface area contributed by atoms with Crippen molar-refractivity contribution in [3.63, 3.8) is 0 Å². The van der Waals surface area contributed by atoms with Crippen molar-refractivity contribution in [3.8, 4) is 0 Å². The summed E-state index contributed by atoms with van der Waals surface area (Å²) in [6, 6.07) is 0. The first-order chi connectivity index (χ1) is 12.3. The third-order valence-corrected chi connectivity index (χ3v) is 4.34. The number of ether oxygens (including phenoxy) is 4. The van der Waals surface area contributed by atoms with Crippen LogP contribution in [-0.4, -0.2) is 58.1 Å². The Labute approximate surface area is 175 Å². The van der Waals surface area contributed by atoms with Crippen LogP contribution in [0.3, 0.4) is 0 Å². The Kier molecular flexibility index (Phi) is 7.35. The first-order valence-electron chi connectivity index (χ1n) is 7.28. The van der Waals surface area contributed by atoms with Gasteiger partial charge in [-0.15, -0.1) is 5.76 Å². The van der Waals surface area contributed by atoms with E-state index in [4.69, 9.17) is 0 Å². The van der Waals surface area contributed by atoms with Crippen LogP contribution in [0.5, 0.6) is 0 Å². The first-order valence-corrected chi connectivity index (χ1v) is 7.28. The Balaban J connectivity index is 0.00000364. The monoisotopic (exact) mass is 390 g/mol. The largest absolute Gasteiger partial charge is 1.00 e. The molecule has 10 nitrogen and oxygen atoms in total. The van der Waals surface area contributed by atoms with Crippen LogP contribution in [0.4, 0.5) is 0 Å². The average Bonchev–Trinajstić information content (AvgIpc) is 3.08. The number of rotatable bonds is 4. The summed E-state index contributed by atoms with van der Waals surface area (Å²) in [5.74, 6) is -11.2. The third kappa shape index (κ3) is 3.40. The fourth-order valence-electron chi connectivity index (χ4n) is 3.27. The predicted octanol–water partition coefficient (Wildman–Crippen LogP) is -4.96. The number of hydrogen-bond acceptors (Lipinski definition) is 10. The molecule has 0 amide bonds. The van der Waals surface area contributed by atoms with E-state index in [1.807, 2.05) is 0 Å². The second-order valence-corrected chi connectivity index (χ2v) is 5.40. The number of carbonyl (C=O) groups is 5. The normalized spacial score (nSPS) is 23.4. The molecule has 0 aliphatic heterocycles. The van der Waals surface area contributed by atoms with E-state index in [0.717, 1.165) is 28.4 Å². The smallest absolute Gasteiger partial charge is 0.874 e. The van der Waals surface area contributed by atoms with Crippen LogP contribution in [0.25, 0.3) is 0 Å². The molecule has 11 heteroatoms. The molecule has 0 spiro atoms. The number of Topliss-reactive ketones (excluding diaryl/α,β-unsaturated/α-hetero) is 1. The Hall–Kier alpha value is -2.17. The van der Waals surface area contributed by atoms with E-state index in [1.54, 1.807) is 0 Å². The van der Waals surface area contributed by atoms with Crippen LogP contribution in [0, 0.1) is 17.8 Å². The summed E-state index contributed by atoms with van der Waals surface area (Å²) < 4.78 is 18.2. The maximum Gasteiger partial charge on any atom is 1.00 e. The fourth-order valence-corrected chi connectivity index (χ4v) is 3.27. The first kappa shape index (κ1) is 22.9. The summed E-state index contributed by atoms with van der Waals surface area (Å²) in [6.07, 6.45) is 0. The molecule has 2 rings (SSSR count). The van der Waals surface area contributed by atoms with Crippen LogP contribution in [0.1, 0.15) is 0 Å². The van der Waals surface area contributed by atoms with E-state index < -0.39 is 64.3 Å². The van der Waals surface area contributed by atoms with Gasteiger partial charge in [-0.25, -0.2) is 9.59 Å². The number of carbonyl (C=O) groups excluding carboxylic acids is 5. The zero-order valence-electron chi connectivity index (χ0n) is 15.3. The van der Waals surface area contributed by atoms with Crippen molar-refractivity contribution < 1.29 is 77.6 Å². The zero-order chi connectivity index (χ0) is 19.8. The summed E-state index contributed by atoms with van der Waals surface area (Å²) in [5.41, 5.74) is -1.68. The molecule has 0 radical (unpaired) electrons. The van der Waals surface area contributed by atoms with Crippen molar-refractivity contribution in [1.82, 2.24) is 0 Å². The minimum absolute atomic E-state index is 0. The summed E-state index contributed by atoms with van der Waals surface area (Å²) in [4.78, 5) is 61.1. The molecule has 2 aliphatic carbocycles. The quantitative estimate of drug-likeness (QED) is 0.150. The maximum absolute atomic E-state index is 12.7. The second-order valence-electron chi connectivity index (χ2n) is 5.40. The Morgan fingerprint density at radius 1 is 0.778 bits per heavy atom. The number of methoxy groups -OCH3 is 4. The van der Waals surface area contributed by atoms with Crippen molar-refractivity contribution in [1.29, 1.82) is 0 Å². The third-order valence-electron chi connectivity index (χ3n) is 4.34. The molecule has 2 aliphatic rings.